The Morgan fingerprint density at radius 3 is 1.12 bits per heavy atom. The number of carbonyl (C=O) groups is 6. The van der Waals surface area contributed by atoms with Gasteiger partial charge in [-0.3, -0.25) is 14.4 Å². The second kappa shape index (κ2) is 23.4. The van der Waals surface area contributed by atoms with Crippen LogP contribution in [0.2, 0.25) is 0 Å². The van der Waals surface area contributed by atoms with Gasteiger partial charge in [0.25, 0.3) is 17.7 Å². The van der Waals surface area contributed by atoms with E-state index in [0.29, 0.717) is 82.6 Å². The normalized spacial score (nSPS) is 14.3. The van der Waals surface area contributed by atoms with Crippen LogP contribution in [0.1, 0.15) is 92.1 Å². The monoisotopic (exact) mass is 969 g/mol. The lowest BCUT2D eigenvalue weighted by atomic mass is 10.0. The van der Waals surface area contributed by atoms with Gasteiger partial charge in [-0.05, 0) is 101 Å². The third-order valence-corrected chi connectivity index (χ3v) is 11.1. The molecule has 15 heteroatoms. The molecule has 3 aliphatic rings. The van der Waals surface area contributed by atoms with E-state index < -0.39 is 17.9 Å². The van der Waals surface area contributed by atoms with Crippen molar-refractivity contribution < 1.29 is 57.6 Å². The Hall–Kier alpha value is -9.24. The molecule has 9 rings (SSSR count). The van der Waals surface area contributed by atoms with Crippen molar-refractivity contribution in [1.29, 1.82) is 0 Å². The minimum Gasteiger partial charge on any atom is -0.493 e. The number of carbonyl (C=O) groups excluding carboxylic acids is 5. The molecule has 0 aliphatic carbocycles. The number of nitrogens with one attached hydrogen (secondary N) is 3. The van der Waals surface area contributed by atoms with Crippen LogP contribution in [0, 0.1) is 0 Å². The van der Waals surface area contributed by atoms with Gasteiger partial charge in [0.2, 0.25) is 0 Å². The Morgan fingerprint density at radius 1 is 0.458 bits per heavy atom. The van der Waals surface area contributed by atoms with E-state index in [-0.39, 0.29) is 23.3 Å². The summed E-state index contributed by atoms with van der Waals surface area (Å²) < 4.78 is 26.5. The smallest absolute Gasteiger partial charge is 0.338 e. The number of ether oxygens (including phenoxy) is 5. The molecular formula is C57H51N3O12. The van der Waals surface area contributed by atoms with Gasteiger partial charge in [-0.2, -0.15) is 0 Å². The van der Waals surface area contributed by atoms with Gasteiger partial charge >= 0.3 is 17.9 Å². The highest BCUT2D eigenvalue weighted by molar-refractivity contribution is 6.36. The van der Waals surface area contributed by atoms with E-state index in [0.717, 1.165) is 39.3 Å². The fraction of sp³-hybridized carbons (Fsp3) is 0.158. The molecule has 0 fully saturated rings. The molecule has 0 radical (unpaired) electrons. The number of rotatable bonds is 13. The molecule has 0 aromatic heterocycles. The van der Waals surface area contributed by atoms with Gasteiger partial charge in [0.15, 0.2) is 0 Å². The Kier molecular flexibility index (Phi) is 16.4. The molecule has 4 N–H and O–H groups in total. The molecule has 6 aromatic rings. The van der Waals surface area contributed by atoms with Gasteiger partial charge in [-0.15, -0.1) is 0 Å². The van der Waals surface area contributed by atoms with Crippen molar-refractivity contribution in [2.45, 2.75) is 27.7 Å². The predicted molar refractivity (Wildman–Crippen MR) is 276 cm³/mol. The fourth-order valence-corrected chi connectivity index (χ4v) is 7.86. The maximum absolute atomic E-state index is 12.4. The molecular weight excluding hydrogens is 919 g/mol. The first-order chi connectivity index (χ1) is 34.9. The molecule has 0 unspecified atom stereocenters. The second-order valence-electron chi connectivity index (χ2n) is 15.7. The molecule has 3 aliphatic heterocycles. The van der Waals surface area contributed by atoms with Crippen LogP contribution in [-0.4, -0.2) is 74.3 Å². The van der Waals surface area contributed by atoms with Crippen molar-refractivity contribution >= 4 is 87.6 Å². The van der Waals surface area contributed by atoms with Gasteiger partial charge in [-0.25, -0.2) is 14.4 Å². The molecule has 15 nitrogen and oxygen atoms in total. The number of fused-ring (bicyclic) bond motifs is 3. The summed E-state index contributed by atoms with van der Waals surface area (Å²) >= 11 is 0. The van der Waals surface area contributed by atoms with Crippen LogP contribution in [0.4, 0.5) is 17.1 Å². The first kappa shape index (κ1) is 50.6. The summed E-state index contributed by atoms with van der Waals surface area (Å²) in [5, 5.41) is 17.3. The van der Waals surface area contributed by atoms with Crippen molar-refractivity contribution in [1.82, 2.24) is 0 Å². The molecule has 0 saturated heterocycles. The summed E-state index contributed by atoms with van der Waals surface area (Å²) in [5.74, 6) is -0.395. The second-order valence-corrected chi connectivity index (χ2v) is 15.7. The molecule has 0 saturated carbocycles. The summed E-state index contributed by atoms with van der Waals surface area (Å²) in [6.07, 6.45) is 5.35. The van der Waals surface area contributed by atoms with Gasteiger partial charge in [-0.1, -0.05) is 72.8 Å². The highest BCUT2D eigenvalue weighted by atomic mass is 16.5. The summed E-state index contributed by atoms with van der Waals surface area (Å²) in [7, 11) is 1.32. The van der Waals surface area contributed by atoms with Gasteiger partial charge in [0, 0.05) is 67.2 Å². The number of carboxylic acid groups (broad SMARTS) is 1. The fourth-order valence-electron chi connectivity index (χ4n) is 7.86. The Balaban J connectivity index is 0.000000159. The molecule has 6 aromatic carbocycles. The Labute approximate surface area is 415 Å². The minimum atomic E-state index is -1.03. The van der Waals surface area contributed by atoms with Gasteiger partial charge < -0.3 is 44.7 Å². The zero-order chi connectivity index (χ0) is 51.3. The lowest BCUT2D eigenvalue weighted by Crippen LogP contribution is -2.06. The zero-order valence-electron chi connectivity index (χ0n) is 40.1. The van der Waals surface area contributed by atoms with E-state index in [9.17, 15) is 28.8 Å². The lowest BCUT2D eigenvalue weighted by molar-refractivity contribution is -0.111. The quantitative estimate of drug-likeness (QED) is 0.0630. The van der Waals surface area contributed by atoms with E-state index in [1.165, 1.54) is 19.2 Å². The van der Waals surface area contributed by atoms with Crippen molar-refractivity contribution in [2.75, 3.05) is 49.5 Å². The molecule has 0 bridgehead atoms. The number of para-hydroxylation sites is 3. The highest BCUT2D eigenvalue weighted by Gasteiger charge is 2.28. The number of carboxylic acids is 1. The minimum absolute atomic E-state index is 0.139. The van der Waals surface area contributed by atoms with E-state index in [1.54, 1.807) is 67.6 Å². The van der Waals surface area contributed by atoms with Crippen molar-refractivity contribution in [3.63, 3.8) is 0 Å². The Bertz CT molecular complexity index is 3190. The zero-order valence-corrected chi connectivity index (χ0v) is 40.1. The number of hydrogen-bond donors (Lipinski definition) is 4. The van der Waals surface area contributed by atoms with E-state index in [1.807, 2.05) is 93.6 Å². The van der Waals surface area contributed by atoms with Crippen molar-refractivity contribution in [3.8, 4) is 17.2 Å². The molecule has 3 heterocycles. The number of aromatic carboxylic acids is 1. The predicted octanol–water partition coefficient (Wildman–Crippen LogP) is 10.4. The summed E-state index contributed by atoms with van der Waals surface area (Å²) in [6.45, 7) is 9.41. The van der Waals surface area contributed by atoms with Crippen LogP contribution in [0.15, 0.2) is 127 Å². The molecule has 0 atom stereocenters. The van der Waals surface area contributed by atoms with Gasteiger partial charge in [0.05, 0.1) is 50.2 Å². The number of esters is 2. The van der Waals surface area contributed by atoms with Crippen LogP contribution >= 0.6 is 0 Å². The maximum Gasteiger partial charge on any atom is 0.338 e. The van der Waals surface area contributed by atoms with Crippen LogP contribution in [0.3, 0.4) is 0 Å². The van der Waals surface area contributed by atoms with Crippen molar-refractivity contribution in [3.05, 3.63) is 177 Å². The standard InChI is InChI=1S/C20H19NO4.C19H17NO4.C18H15NO4/c1-3-24-18-8-6-5-7-13(18)11-16-15-10-9-14(20(23)25-4-2)12-17(15)21-19(16)22;1-3-24-17-7-5-4-6-12(17)10-15-14-9-8-13(19(22)23-2)11-16(14)20-18(15)21;1-2-23-16-6-4-3-5-11(16)9-14-13-8-7-12(18(21)22)10-15(13)19-17(14)20/h5-12H,3-4H2,1-2H3,(H,21,22);4-11H,3H2,1-2H3,(H,20,21);3-10H,2H2,1H3,(H,19,20)(H,21,22)/b16-11+;15-10+;14-9+. The molecule has 0 spiro atoms. The van der Waals surface area contributed by atoms with Crippen molar-refractivity contribution in [2.24, 2.45) is 0 Å². The number of hydrogen-bond acceptors (Lipinski definition) is 11. The number of benzene rings is 6. The van der Waals surface area contributed by atoms with Gasteiger partial charge in [0.1, 0.15) is 17.2 Å². The van der Waals surface area contributed by atoms with Crippen LogP contribution in [0.5, 0.6) is 17.2 Å². The summed E-state index contributed by atoms with van der Waals surface area (Å²) in [5.41, 5.74) is 8.88. The van der Waals surface area contributed by atoms with Crippen LogP contribution in [-0.2, 0) is 23.9 Å². The molecule has 72 heavy (non-hydrogen) atoms. The first-order valence-electron chi connectivity index (χ1n) is 23.0. The average Bonchev–Trinajstić information content (AvgIpc) is 3.99. The lowest BCUT2D eigenvalue weighted by Gasteiger charge is -2.07. The SMILES string of the molecule is CCOC(=O)c1ccc2c(c1)NC(=O)/C2=C/c1ccccc1OCC.CCOc1ccccc1/C=C1/C(=O)Nc2cc(C(=O)O)ccc21.CCOc1ccccc1/C=C1/C(=O)Nc2cc(C(=O)OC)ccc21. The van der Waals surface area contributed by atoms with Crippen LogP contribution in [0.25, 0.3) is 34.9 Å². The molecule has 3 amide bonds. The summed E-state index contributed by atoms with van der Waals surface area (Å²) in [6, 6.07) is 37.2. The number of amides is 3. The first-order valence-corrected chi connectivity index (χ1v) is 23.0. The van der Waals surface area contributed by atoms with E-state index >= 15 is 0 Å². The maximum atomic E-state index is 12.4. The highest BCUT2D eigenvalue weighted by Crippen LogP contribution is 2.38. The van der Waals surface area contributed by atoms with E-state index in [4.69, 9.17) is 28.8 Å². The topological polar surface area (TPSA) is 205 Å². The third kappa shape index (κ3) is 11.6. The largest absolute Gasteiger partial charge is 0.493 e. The number of anilines is 3. The van der Waals surface area contributed by atoms with Crippen LogP contribution < -0.4 is 30.2 Å². The molecule has 366 valence electrons. The van der Waals surface area contributed by atoms with E-state index in [2.05, 4.69) is 16.0 Å². The third-order valence-electron chi connectivity index (χ3n) is 11.1. The average molecular weight is 970 g/mol. The summed E-state index contributed by atoms with van der Waals surface area (Å²) in [4.78, 5) is 71.4. The Morgan fingerprint density at radius 2 is 0.792 bits per heavy atom. The number of methoxy groups -OCH3 is 1.